The summed E-state index contributed by atoms with van der Waals surface area (Å²) in [5.74, 6) is -1.56. The number of anilines is 1. The summed E-state index contributed by atoms with van der Waals surface area (Å²) in [6.07, 6.45) is -2.70. The molecule has 1 aliphatic heterocycles. The fraction of sp³-hybridized carbons (Fsp3) is 0.433. The Morgan fingerprint density at radius 2 is 1.61 bits per heavy atom. The van der Waals surface area contributed by atoms with Gasteiger partial charge in [0, 0.05) is 56.4 Å². The van der Waals surface area contributed by atoms with Crippen molar-refractivity contribution < 1.29 is 58.9 Å². The molecule has 41 heavy (non-hydrogen) atoms. The maximum Gasteiger partial charge on any atom is 1.00 e. The van der Waals surface area contributed by atoms with Crippen LogP contribution in [0, 0.1) is 5.82 Å². The molecule has 3 aromatic rings. The molecule has 4 rings (SSSR count). The Morgan fingerprint density at radius 1 is 0.976 bits per heavy atom. The number of aliphatic hydroxyl groups is 2. The van der Waals surface area contributed by atoms with Crippen molar-refractivity contribution in [3.8, 4) is 11.4 Å². The van der Waals surface area contributed by atoms with Gasteiger partial charge in [-0.05, 0) is 55.2 Å². The van der Waals surface area contributed by atoms with Crippen LogP contribution < -0.4 is 39.6 Å². The third-order valence-corrected chi connectivity index (χ3v) is 7.18. The van der Waals surface area contributed by atoms with Crippen molar-refractivity contribution in [1.82, 2.24) is 14.5 Å². The van der Waals surface area contributed by atoms with Gasteiger partial charge in [0.05, 0.1) is 17.9 Å². The SMILES string of the molecule is CC(C)c1c(C(=O)N2CCN(c3ccccc3)CC2)nc(-c2ccc(F)cc2)n1CC[C@@H](O)C[C@@H](O)CC(=O)[O-].[Na+]. The van der Waals surface area contributed by atoms with E-state index in [0.717, 1.165) is 5.69 Å². The van der Waals surface area contributed by atoms with Gasteiger partial charge in [-0.25, -0.2) is 9.37 Å². The number of nitrogens with zero attached hydrogens (tertiary/aromatic N) is 4. The summed E-state index contributed by atoms with van der Waals surface area (Å²) in [7, 11) is 0. The number of piperazine rings is 1. The van der Waals surface area contributed by atoms with E-state index in [2.05, 4.69) is 17.0 Å². The molecule has 0 radical (unpaired) electrons. The maximum absolute atomic E-state index is 13.8. The third-order valence-electron chi connectivity index (χ3n) is 7.18. The smallest absolute Gasteiger partial charge is 0.550 e. The fourth-order valence-electron chi connectivity index (χ4n) is 5.20. The van der Waals surface area contributed by atoms with Gasteiger partial charge in [-0.15, -0.1) is 0 Å². The van der Waals surface area contributed by atoms with Crippen LogP contribution in [-0.4, -0.2) is 74.9 Å². The molecule has 9 nitrogen and oxygen atoms in total. The zero-order chi connectivity index (χ0) is 28.8. The van der Waals surface area contributed by atoms with Gasteiger partial charge in [0.25, 0.3) is 5.91 Å². The molecule has 2 atom stereocenters. The largest absolute Gasteiger partial charge is 1.00 e. The second-order valence-corrected chi connectivity index (χ2v) is 10.5. The standard InChI is InChI=1S/C30H37FN4O5.Na/c1-20(2)28-27(30(40)34-16-14-33(15-17-34)23-6-4-3-5-7-23)32-29(21-8-10-22(31)11-9-21)35(28)13-12-24(36)18-25(37)19-26(38)39;/h3-11,20,24-25,36-37H,12-19H2,1-2H3,(H,38,39);/q;+1/p-1/t24-,25-;/m1./s1. The molecule has 1 aromatic heterocycles. The Kier molecular flexibility index (Phi) is 11.9. The number of aromatic nitrogens is 2. The normalized spacial score (nSPS) is 15.0. The minimum absolute atomic E-state index is 0. The second-order valence-electron chi connectivity index (χ2n) is 10.5. The molecule has 2 heterocycles. The molecule has 0 bridgehead atoms. The van der Waals surface area contributed by atoms with Crippen LogP contribution in [0.15, 0.2) is 54.6 Å². The summed E-state index contributed by atoms with van der Waals surface area (Å²) in [6.45, 7) is 6.66. The van der Waals surface area contributed by atoms with Crippen molar-refractivity contribution in [1.29, 1.82) is 0 Å². The maximum atomic E-state index is 13.8. The predicted octanol–water partition coefficient (Wildman–Crippen LogP) is -0.579. The average molecular weight is 575 g/mol. The van der Waals surface area contributed by atoms with Gasteiger partial charge in [-0.3, -0.25) is 4.79 Å². The van der Waals surface area contributed by atoms with Crippen LogP contribution in [0.25, 0.3) is 11.4 Å². The number of imidazole rings is 1. The number of aliphatic hydroxyl groups excluding tert-OH is 2. The van der Waals surface area contributed by atoms with Crippen LogP contribution >= 0.6 is 0 Å². The van der Waals surface area contributed by atoms with Crippen LogP contribution in [0.5, 0.6) is 0 Å². The molecule has 0 saturated carbocycles. The van der Waals surface area contributed by atoms with E-state index < -0.39 is 30.4 Å². The van der Waals surface area contributed by atoms with Crippen molar-refractivity contribution in [2.45, 2.75) is 57.8 Å². The summed E-state index contributed by atoms with van der Waals surface area (Å²) in [4.78, 5) is 33.4. The molecule has 0 aliphatic carbocycles. The zero-order valence-electron chi connectivity index (χ0n) is 23.9. The van der Waals surface area contributed by atoms with Gasteiger partial charge in [0.1, 0.15) is 11.6 Å². The average Bonchev–Trinajstić information content (AvgIpc) is 3.32. The van der Waals surface area contributed by atoms with Crippen LogP contribution in [0.2, 0.25) is 0 Å². The van der Waals surface area contributed by atoms with E-state index in [1.54, 1.807) is 17.0 Å². The Labute approximate surface area is 261 Å². The summed E-state index contributed by atoms with van der Waals surface area (Å²) in [6, 6.07) is 15.9. The number of aliphatic carboxylic acids is 1. The molecule has 1 aliphatic rings. The summed E-state index contributed by atoms with van der Waals surface area (Å²) >= 11 is 0. The summed E-state index contributed by atoms with van der Waals surface area (Å²) < 4.78 is 15.6. The minimum Gasteiger partial charge on any atom is -0.550 e. The number of rotatable bonds is 11. The number of carboxylic acids is 1. The molecule has 1 saturated heterocycles. The van der Waals surface area contributed by atoms with E-state index in [9.17, 15) is 29.3 Å². The molecule has 1 amide bonds. The third kappa shape index (κ3) is 8.39. The minimum atomic E-state index is -1.39. The van der Waals surface area contributed by atoms with Gasteiger partial charge < -0.3 is 34.5 Å². The van der Waals surface area contributed by atoms with Crippen LogP contribution in [-0.2, 0) is 11.3 Å². The van der Waals surface area contributed by atoms with Crippen molar-refractivity contribution in [3.05, 3.63) is 71.8 Å². The van der Waals surface area contributed by atoms with E-state index in [4.69, 9.17) is 4.98 Å². The second kappa shape index (κ2) is 14.9. The van der Waals surface area contributed by atoms with E-state index >= 15 is 0 Å². The number of hydrogen-bond donors (Lipinski definition) is 2. The Balaban J connectivity index is 0.00000462. The summed E-state index contributed by atoms with van der Waals surface area (Å²) in [5, 5.41) is 31.2. The number of amides is 1. The Hall–Kier alpha value is -2.76. The number of benzene rings is 2. The first-order valence-electron chi connectivity index (χ1n) is 13.7. The molecule has 0 spiro atoms. The first kappa shape index (κ1) is 32.8. The topological polar surface area (TPSA) is 122 Å². The van der Waals surface area contributed by atoms with E-state index in [0.29, 0.717) is 49.0 Å². The van der Waals surface area contributed by atoms with Gasteiger partial charge in [0.15, 0.2) is 5.69 Å². The van der Waals surface area contributed by atoms with Crippen LogP contribution in [0.3, 0.4) is 0 Å². The van der Waals surface area contributed by atoms with Gasteiger partial charge in [-0.1, -0.05) is 32.0 Å². The molecule has 11 heteroatoms. The molecule has 214 valence electrons. The van der Waals surface area contributed by atoms with Crippen molar-refractivity contribution >= 4 is 17.6 Å². The van der Waals surface area contributed by atoms with E-state index in [1.807, 2.05) is 36.6 Å². The van der Waals surface area contributed by atoms with E-state index in [-0.39, 0.29) is 60.8 Å². The first-order chi connectivity index (χ1) is 19.1. The van der Waals surface area contributed by atoms with Gasteiger partial charge in [0.2, 0.25) is 0 Å². The van der Waals surface area contributed by atoms with E-state index in [1.165, 1.54) is 12.1 Å². The fourth-order valence-corrected chi connectivity index (χ4v) is 5.20. The number of carboxylic acid groups (broad SMARTS) is 1. The first-order valence-corrected chi connectivity index (χ1v) is 13.7. The molecule has 1 fully saturated rings. The monoisotopic (exact) mass is 574 g/mol. The number of hydrogen-bond acceptors (Lipinski definition) is 7. The van der Waals surface area contributed by atoms with Crippen molar-refractivity contribution in [2.75, 3.05) is 31.1 Å². The van der Waals surface area contributed by atoms with Gasteiger partial charge in [-0.2, -0.15) is 0 Å². The Bertz CT molecular complexity index is 1290. The number of carbonyl (C=O) groups is 2. The van der Waals surface area contributed by atoms with Gasteiger partial charge >= 0.3 is 29.6 Å². The van der Waals surface area contributed by atoms with Crippen LogP contribution in [0.1, 0.15) is 55.2 Å². The predicted molar refractivity (Wildman–Crippen MR) is 147 cm³/mol. The molecule has 2 aromatic carbocycles. The Morgan fingerprint density at radius 3 is 2.20 bits per heavy atom. The molecular formula is C30H36FN4NaO5. The van der Waals surface area contributed by atoms with Crippen molar-refractivity contribution in [2.24, 2.45) is 0 Å². The summed E-state index contributed by atoms with van der Waals surface area (Å²) in [5.41, 5.74) is 2.78. The van der Waals surface area contributed by atoms with Crippen LogP contribution in [0.4, 0.5) is 10.1 Å². The molecule has 0 unspecified atom stereocenters. The number of para-hydroxylation sites is 1. The number of carbonyl (C=O) groups excluding carboxylic acids is 2. The molecule has 2 N–H and O–H groups in total. The molecular weight excluding hydrogens is 538 g/mol. The van der Waals surface area contributed by atoms with Crippen molar-refractivity contribution in [3.63, 3.8) is 0 Å². The number of halogens is 1. The zero-order valence-corrected chi connectivity index (χ0v) is 25.9. The quantitative estimate of drug-likeness (QED) is 0.294.